The number of anilines is 4. The fraction of sp³-hybridized carbons (Fsp3) is 0.185. The molecule has 0 fully saturated rings. The number of nitrogens with one attached hydrogen (secondary N) is 3. The number of alkyl halides is 3. The van der Waals surface area contributed by atoms with Crippen molar-refractivity contribution in [2.75, 3.05) is 22.5 Å². The predicted molar refractivity (Wildman–Crippen MR) is 147 cm³/mol. The number of aromatic nitrogens is 4. The molecule has 12 heteroatoms. The third-order valence-corrected chi connectivity index (χ3v) is 6.95. The maximum absolute atomic E-state index is 13.7. The van der Waals surface area contributed by atoms with Crippen LogP contribution in [-0.4, -0.2) is 32.0 Å². The van der Waals surface area contributed by atoms with Gasteiger partial charge in [0.1, 0.15) is 12.1 Å². The normalized spacial score (nSPS) is 11.5. The van der Waals surface area contributed by atoms with Gasteiger partial charge in [-0.1, -0.05) is 6.07 Å². The number of hydrogen-bond acceptors (Lipinski definition) is 7. The summed E-state index contributed by atoms with van der Waals surface area (Å²) in [6.07, 6.45) is -0.00451. The van der Waals surface area contributed by atoms with Gasteiger partial charge in [-0.15, -0.1) is 11.3 Å². The van der Waals surface area contributed by atoms with Crippen molar-refractivity contribution in [2.45, 2.75) is 26.9 Å². The van der Waals surface area contributed by atoms with Crippen LogP contribution >= 0.6 is 11.3 Å². The van der Waals surface area contributed by atoms with Gasteiger partial charge in [0, 0.05) is 40.9 Å². The number of benzene rings is 2. The number of carbonyl (C=O) groups is 1. The van der Waals surface area contributed by atoms with Gasteiger partial charge in [-0.3, -0.25) is 4.79 Å². The molecule has 5 aromatic rings. The van der Waals surface area contributed by atoms with Gasteiger partial charge in [-0.05, 0) is 56.7 Å². The van der Waals surface area contributed by atoms with E-state index in [-0.39, 0.29) is 11.6 Å². The maximum atomic E-state index is 13.7. The van der Waals surface area contributed by atoms with Crippen molar-refractivity contribution in [3.8, 4) is 5.69 Å². The fourth-order valence-corrected chi connectivity index (χ4v) is 5.02. The first-order chi connectivity index (χ1) is 18.6. The van der Waals surface area contributed by atoms with E-state index in [1.807, 2.05) is 13.8 Å². The van der Waals surface area contributed by atoms with Crippen molar-refractivity contribution in [2.24, 2.45) is 0 Å². The lowest BCUT2D eigenvalue weighted by molar-refractivity contribution is -0.137. The lowest BCUT2D eigenvalue weighted by Gasteiger charge is -2.15. The number of hydrogen-bond donors (Lipinski definition) is 3. The number of imidazole rings is 1. The van der Waals surface area contributed by atoms with Gasteiger partial charge in [0.05, 0.1) is 33.4 Å². The molecule has 200 valence electrons. The Morgan fingerprint density at radius 2 is 1.87 bits per heavy atom. The smallest absolute Gasteiger partial charge is 0.369 e. The summed E-state index contributed by atoms with van der Waals surface area (Å²) in [4.78, 5) is 25.8. The van der Waals surface area contributed by atoms with E-state index in [2.05, 4.69) is 30.9 Å². The molecule has 39 heavy (non-hydrogen) atoms. The second-order valence-electron chi connectivity index (χ2n) is 8.88. The van der Waals surface area contributed by atoms with Crippen LogP contribution in [0.4, 0.5) is 36.1 Å². The molecule has 1 amide bonds. The van der Waals surface area contributed by atoms with Crippen LogP contribution in [0, 0.1) is 13.8 Å². The average molecular weight is 552 g/mol. The third kappa shape index (κ3) is 5.55. The predicted octanol–water partition coefficient (Wildman–Crippen LogP) is 6.94. The fourth-order valence-electron chi connectivity index (χ4n) is 4.05. The minimum absolute atomic E-state index is 0.240. The molecule has 0 bridgehead atoms. The van der Waals surface area contributed by atoms with Crippen LogP contribution in [0.25, 0.3) is 15.9 Å². The summed E-state index contributed by atoms with van der Waals surface area (Å²) in [6, 6.07) is 8.93. The maximum Gasteiger partial charge on any atom is 0.416 e. The van der Waals surface area contributed by atoms with Crippen molar-refractivity contribution in [3.05, 3.63) is 83.0 Å². The molecule has 5 rings (SSSR count). The Bertz CT molecular complexity index is 1680. The molecule has 2 aromatic carbocycles. The molecule has 0 saturated heterocycles. The molecule has 0 aliphatic rings. The Morgan fingerprint density at radius 1 is 1.05 bits per heavy atom. The van der Waals surface area contributed by atoms with Crippen molar-refractivity contribution < 1.29 is 18.0 Å². The van der Waals surface area contributed by atoms with Crippen LogP contribution in [-0.2, 0) is 6.18 Å². The van der Waals surface area contributed by atoms with E-state index in [0.717, 1.165) is 22.4 Å². The highest BCUT2D eigenvalue weighted by Crippen LogP contribution is 2.35. The van der Waals surface area contributed by atoms with E-state index < -0.39 is 11.7 Å². The van der Waals surface area contributed by atoms with Gasteiger partial charge in [0.25, 0.3) is 5.91 Å². The summed E-state index contributed by atoms with van der Waals surface area (Å²) >= 11 is 1.37. The average Bonchev–Trinajstić information content (AvgIpc) is 3.53. The van der Waals surface area contributed by atoms with Gasteiger partial charge < -0.3 is 20.5 Å². The van der Waals surface area contributed by atoms with Crippen LogP contribution < -0.4 is 16.0 Å². The molecule has 0 radical (unpaired) electrons. The Balaban J connectivity index is 1.43. The first kappa shape index (κ1) is 26.2. The van der Waals surface area contributed by atoms with E-state index in [1.54, 1.807) is 42.8 Å². The minimum atomic E-state index is -4.53. The van der Waals surface area contributed by atoms with Crippen molar-refractivity contribution in [1.82, 2.24) is 19.5 Å². The minimum Gasteiger partial charge on any atom is -0.369 e. The monoisotopic (exact) mass is 551 g/mol. The number of fused-ring (bicyclic) bond motifs is 1. The van der Waals surface area contributed by atoms with Crippen LogP contribution in [0.15, 0.2) is 60.6 Å². The van der Waals surface area contributed by atoms with Crippen molar-refractivity contribution >= 4 is 50.3 Å². The summed E-state index contributed by atoms with van der Waals surface area (Å²) < 4.78 is 43.3. The van der Waals surface area contributed by atoms with Crippen LogP contribution in [0.3, 0.4) is 0 Å². The molecule has 0 aliphatic heterocycles. The molecule has 3 aromatic heterocycles. The SMILES string of the molecule is CCNc1ncnc2c(C(=O)Nc3cc(Nc4cc(-n5cnc(C)c5)cc(C(F)(F)F)c4)ccc3C)csc12. The van der Waals surface area contributed by atoms with Crippen LogP contribution in [0.2, 0.25) is 0 Å². The highest BCUT2D eigenvalue weighted by Gasteiger charge is 2.31. The molecular weight excluding hydrogens is 527 g/mol. The van der Waals surface area contributed by atoms with E-state index in [1.165, 1.54) is 28.6 Å². The van der Waals surface area contributed by atoms with Crippen molar-refractivity contribution in [1.29, 1.82) is 0 Å². The zero-order chi connectivity index (χ0) is 27.7. The number of thiophene rings is 1. The van der Waals surface area contributed by atoms with E-state index >= 15 is 0 Å². The summed E-state index contributed by atoms with van der Waals surface area (Å²) in [5.41, 5.74) is 3.21. The highest BCUT2D eigenvalue weighted by molar-refractivity contribution is 7.18. The van der Waals surface area contributed by atoms with Gasteiger partial charge in [0.15, 0.2) is 0 Å². The topological polar surface area (TPSA) is 96.8 Å². The quantitative estimate of drug-likeness (QED) is 0.203. The molecular formula is C27H24F3N7OS. The van der Waals surface area contributed by atoms with Gasteiger partial charge in [-0.25, -0.2) is 15.0 Å². The number of amides is 1. The Morgan fingerprint density at radius 3 is 2.59 bits per heavy atom. The van der Waals surface area contributed by atoms with E-state index in [9.17, 15) is 18.0 Å². The molecule has 0 atom stereocenters. The Hall–Kier alpha value is -4.45. The number of rotatable bonds is 7. The number of halogens is 3. The molecule has 3 N–H and O–H groups in total. The van der Waals surface area contributed by atoms with E-state index in [4.69, 9.17) is 0 Å². The van der Waals surface area contributed by atoms with Crippen LogP contribution in [0.1, 0.15) is 34.1 Å². The van der Waals surface area contributed by atoms with Crippen LogP contribution in [0.5, 0.6) is 0 Å². The zero-order valence-corrected chi connectivity index (χ0v) is 22.0. The molecule has 8 nitrogen and oxygen atoms in total. The standard InChI is InChI=1S/C27H24F3N7OS/c1-4-31-25-24-23(32-13-33-25)21(12-39-24)26(38)36-22-10-18(6-5-15(22)2)35-19-7-17(27(28,29)30)8-20(9-19)37-11-16(3)34-14-37/h5-14,35H,4H2,1-3H3,(H,36,38)(H,31,32,33). The van der Waals surface area contributed by atoms with Gasteiger partial charge >= 0.3 is 6.18 Å². The molecule has 0 aliphatic carbocycles. The molecule has 0 saturated carbocycles. The van der Waals surface area contributed by atoms with Crippen molar-refractivity contribution in [3.63, 3.8) is 0 Å². The molecule has 3 heterocycles. The number of nitrogens with zero attached hydrogens (tertiary/aromatic N) is 4. The van der Waals surface area contributed by atoms with Gasteiger partial charge in [-0.2, -0.15) is 13.2 Å². The van der Waals surface area contributed by atoms with Gasteiger partial charge in [0.2, 0.25) is 0 Å². The first-order valence-electron chi connectivity index (χ1n) is 12.0. The second kappa shape index (κ2) is 10.4. The largest absolute Gasteiger partial charge is 0.416 e. The summed E-state index contributed by atoms with van der Waals surface area (Å²) in [5.74, 6) is 0.319. The summed E-state index contributed by atoms with van der Waals surface area (Å²) in [7, 11) is 0. The second-order valence-corrected chi connectivity index (χ2v) is 9.76. The van der Waals surface area contributed by atoms with E-state index in [0.29, 0.717) is 46.2 Å². The highest BCUT2D eigenvalue weighted by atomic mass is 32.1. The third-order valence-electron chi connectivity index (χ3n) is 5.97. The molecule has 0 spiro atoms. The zero-order valence-electron chi connectivity index (χ0n) is 21.2. The first-order valence-corrected chi connectivity index (χ1v) is 12.9. The summed E-state index contributed by atoms with van der Waals surface area (Å²) in [6.45, 7) is 6.23. The summed E-state index contributed by atoms with van der Waals surface area (Å²) in [5, 5.41) is 10.9. The number of aryl methyl sites for hydroxylation is 2. The Kier molecular flexibility index (Phi) is 6.96. The lowest BCUT2D eigenvalue weighted by Crippen LogP contribution is -2.13. The Labute approximate surface area is 226 Å². The number of carbonyl (C=O) groups excluding carboxylic acids is 1. The lowest BCUT2D eigenvalue weighted by atomic mass is 10.1. The molecule has 0 unspecified atom stereocenters.